The van der Waals surface area contributed by atoms with Gasteiger partial charge in [0.2, 0.25) is 0 Å². The van der Waals surface area contributed by atoms with Crippen LogP contribution in [0.15, 0.2) is 48.0 Å². The highest BCUT2D eigenvalue weighted by Crippen LogP contribution is 2.27. The zero-order chi connectivity index (χ0) is 18.7. The number of amides is 2. The Kier molecular flexibility index (Phi) is 5.07. The van der Waals surface area contributed by atoms with Gasteiger partial charge < -0.3 is 4.74 Å². The molecule has 1 aliphatic rings. The Hall–Kier alpha value is -3.08. The summed E-state index contributed by atoms with van der Waals surface area (Å²) < 4.78 is 5.73. The first-order valence-corrected chi connectivity index (χ1v) is 8.68. The van der Waals surface area contributed by atoms with Gasteiger partial charge in [-0.3, -0.25) is 15.0 Å². The Bertz CT molecular complexity index is 872. The number of nitrogens with one attached hydrogen (secondary N) is 1. The largest absolute Gasteiger partial charge is 0.493 e. The number of para-hydroxylation sites is 1. The number of ether oxygens (including phenoxy) is 1. The molecule has 2 aromatic rings. The summed E-state index contributed by atoms with van der Waals surface area (Å²) in [4.78, 5) is 25.0. The predicted octanol–water partition coefficient (Wildman–Crippen LogP) is 3.55. The van der Waals surface area contributed by atoms with Crippen LogP contribution in [0.3, 0.4) is 0 Å². The van der Waals surface area contributed by atoms with Gasteiger partial charge in [0, 0.05) is 0 Å². The summed E-state index contributed by atoms with van der Waals surface area (Å²) in [5, 5.41) is 1.27. The number of hydrogen-bond donors (Lipinski definition) is 1. The topological polar surface area (TPSA) is 58.6 Å². The minimum Gasteiger partial charge on any atom is -0.493 e. The van der Waals surface area contributed by atoms with Gasteiger partial charge >= 0.3 is 0 Å². The Morgan fingerprint density at radius 2 is 1.77 bits per heavy atom. The highest BCUT2D eigenvalue weighted by molar-refractivity contribution is 6.31. The van der Waals surface area contributed by atoms with E-state index >= 15 is 0 Å². The fourth-order valence-electron chi connectivity index (χ4n) is 2.81. The molecule has 0 bridgehead atoms. The summed E-state index contributed by atoms with van der Waals surface area (Å²) in [6.45, 7) is 6.67. The van der Waals surface area contributed by atoms with Gasteiger partial charge in [-0.25, -0.2) is 5.01 Å². The molecule has 1 saturated heterocycles. The molecule has 5 heteroatoms. The van der Waals surface area contributed by atoms with Crippen LogP contribution in [0, 0.1) is 13.8 Å². The van der Waals surface area contributed by atoms with E-state index in [0.29, 0.717) is 12.3 Å². The van der Waals surface area contributed by atoms with E-state index < -0.39 is 5.91 Å². The van der Waals surface area contributed by atoms with Crippen LogP contribution >= 0.6 is 0 Å². The maximum Gasteiger partial charge on any atom is 0.282 e. The number of nitrogens with zero attached hydrogens (tertiary/aromatic N) is 1. The quantitative estimate of drug-likeness (QED) is 0.663. The molecule has 1 fully saturated rings. The molecule has 1 heterocycles. The van der Waals surface area contributed by atoms with Crippen molar-refractivity contribution in [2.24, 2.45) is 0 Å². The van der Waals surface area contributed by atoms with Crippen LogP contribution in [0.5, 0.6) is 5.75 Å². The van der Waals surface area contributed by atoms with Gasteiger partial charge in [-0.15, -0.1) is 0 Å². The molecule has 0 unspecified atom stereocenters. The van der Waals surface area contributed by atoms with Gasteiger partial charge in [-0.1, -0.05) is 31.2 Å². The van der Waals surface area contributed by atoms with Crippen molar-refractivity contribution in [2.45, 2.75) is 27.2 Å². The molecular weight excluding hydrogens is 328 g/mol. The first-order chi connectivity index (χ1) is 12.5. The summed E-state index contributed by atoms with van der Waals surface area (Å²) in [7, 11) is 0. The summed E-state index contributed by atoms with van der Waals surface area (Å²) >= 11 is 0. The standard InChI is InChI=1S/C21H22N2O3/c1-4-12-26-19-11-10-16(14(2)15(19)3)13-18-20(24)22-23(21(18)25)17-8-6-5-7-9-17/h5-11,13H,4,12H2,1-3H3,(H,22,24)/b18-13+. The van der Waals surface area contributed by atoms with E-state index in [1.165, 1.54) is 5.01 Å². The van der Waals surface area contributed by atoms with Crippen molar-refractivity contribution < 1.29 is 14.3 Å². The van der Waals surface area contributed by atoms with Gasteiger partial charge in [0.05, 0.1) is 12.3 Å². The maximum absolute atomic E-state index is 12.7. The number of anilines is 1. The molecule has 0 aliphatic carbocycles. The lowest BCUT2D eigenvalue weighted by molar-refractivity contribution is -0.117. The average molecular weight is 350 g/mol. The van der Waals surface area contributed by atoms with Crippen molar-refractivity contribution in [3.63, 3.8) is 0 Å². The van der Waals surface area contributed by atoms with Gasteiger partial charge in [0.1, 0.15) is 11.3 Å². The third kappa shape index (κ3) is 3.33. The SMILES string of the molecule is CCCOc1ccc(/C=C2\C(=O)NN(c3ccccc3)C2=O)c(C)c1C. The molecule has 1 N–H and O–H groups in total. The molecule has 5 nitrogen and oxygen atoms in total. The van der Waals surface area contributed by atoms with Crippen molar-refractivity contribution >= 4 is 23.6 Å². The van der Waals surface area contributed by atoms with E-state index in [-0.39, 0.29) is 11.5 Å². The van der Waals surface area contributed by atoms with Crippen molar-refractivity contribution in [1.29, 1.82) is 0 Å². The Balaban J connectivity index is 1.91. The summed E-state index contributed by atoms with van der Waals surface area (Å²) in [6.07, 6.45) is 2.58. The van der Waals surface area contributed by atoms with Gasteiger partial charge in [0.15, 0.2) is 0 Å². The van der Waals surface area contributed by atoms with Crippen LogP contribution in [0.4, 0.5) is 5.69 Å². The van der Waals surface area contributed by atoms with Gasteiger partial charge in [-0.05, 0) is 61.2 Å². The van der Waals surface area contributed by atoms with E-state index in [1.54, 1.807) is 18.2 Å². The normalized spacial score (nSPS) is 15.5. The van der Waals surface area contributed by atoms with E-state index in [1.807, 2.05) is 44.2 Å². The summed E-state index contributed by atoms with van der Waals surface area (Å²) in [5.74, 6) is 0.0754. The second kappa shape index (κ2) is 7.44. The Morgan fingerprint density at radius 1 is 1.04 bits per heavy atom. The van der Waals surface area contributed by atoms with Crippen LogP contribution in [0.1, 0.15) is 30.0 Å². The highest BCUT2D eigenvalue weighted by Gasteiger charge is 2.34. The fraction of sp³-hybridized carbons (Fsp3) is 0.238. The minimum atomic E-state index is -0.401. The monoisotopic (exact) mass is 350 g/mol. The van der Waals surface area contributed by atoms with Gasteiger partial charge in [-0.2, -0.15) is 0 Å². The fourth-order valence-corrected chi connectivity index (χ4v) is 2.81. The average Bonchev–Trinajstić information content (AvgIpc) is 2.93. The van der Waals surface area contributed by atoms with Crippen LogP contribution in [0.2, 0.25) is 0 Å². The first kappa shape index (κ1) is 17.7. The zero-order valence-electron chi connectivity index (χ0n) is 15.2. The lowest BCUT2D eigenvalue weighted by Gasteiger charge is -2.14. The van der Waals surface area contributed by atoms with Crippen LogP contribution < -0.4 is 15.2 Å². The van der Waals surface area contributed by atoms with Crippen molar-refractivity contribution in [3.05, 3.63) is 64.7 Å². The highest BCUT2D eigenvalue weighted by atomic mass is 16.5. The van der Waals surface area contributed by atoms with E-state index in [0.717, 1.165) is 28.9 Å². The first-order valence-electron chi connectivity index (χ1n) is 8.68. The maximum atomic E-state index is 12.7. The van der Waals surface area contributed by atoms with Crippen molar-refractivity contribution in [2.75, 3.05) is 11.6 Å². The molecule has 1 aliphatic heterocycles. The third-order valence-corrected chi connectivity index (χ3v) is 4.45. The molecule has 2 amide bonds. The van der Waals surface area contributed by atoms with Crippen LogP contribution in [-0.2, 0) is 9.59 Å². The van der Waals surface area contributed by atoms with Gasteiger partial charge in [0.25, 0.3) is 11.8 Å². The van der Waals surface area contributed by atoms with Crippen LogP contribution in [-0.4, -0.2) is 18.4 Å². The molecule has 26 heavy (non-hydrogen) atoms. The van der Waals surface area contributed by atoms with E-state index in [4.69, 9.17) is 4.74 Å². The third-order valence-electron chi connectivity index (χ3n) is 4.45. The lowest BCUT2D eigenvalue weighted by Crippen LogP contribution is -2.35. The second-order valence-electron chi connectivity index (χ2n) is 6.23. The molecule has 0 saturated carbocycles. The molecule has 0 atom stereocenters. The van der Waals surface area contributed by atoms with E-state index in [9.17, 15) is 9.59 Å². The molecule has 0 spiro atoms. The molecule has 134 valence electrons. The second-order valence-corrected chi connectivity index (χ2v) is 6.23. The molecule has 0 radical (unpaired) electrons. The number of hydrogen-bond acceptors (Lipinski definition) is 3. The summed E-state index contributed by atoms with van der Waals surface area (Å²) in [5.41, 5.74) is 6.21. The number of benzene rings is 2. The lowest BCUT2D eigenvalue weighted by atomic mass is 10.00. The number of carbonyl (C=O) groups is 2. The van der Waals surface area contributed by atoms with Crippen LogP contribution in [0.25, 0.3) is 6.08 Å². The predicted molar refractivity (Wildman–Crippen MR) is 102 cm³/mol. The zero-order valence-corrected chi connectivity index (χ0v) is 15.2. The molecule has 3 rings (SSSR count). The van der Waals surface area contributed by atoms with Crippen molar-refractivity contribution in [3.8, 4) is 5.75 Å². The van der Waals surface area contributed by atoms with Crippen molar-refractivity contribution in [1.82, 2.24) is 5.43 Å². The number of hydrazine groups is 1. The smallest absolute Gasteiger partial charge is 0.282 e. The molecular formula is C21H22N2O3. The number of rotatable bonds is 5. The Labute approximate surface area is 153 Å². The summed E-state index contributed by atoms with van der Waals surface area (Å²) in [6, 6.07) is 12.8. The Morgan fingerprint density at radius 3 is 2.46 bits per heavy atom. The number of carbonyl (C=O) groups excluding carboxylic acids is 2. The molecule has 2 aromatic carbocycles. The minimum absolute atomic E-state index is 0.124. The molecule has 0 aromatic heterocycles. The van der Waals surface area contributed by atoms with E-state index in [2.05, 4.69) is 12.3 Å².